The van der Waals surface area contributed by atoms with E-state index in [0.717, 1.165) is 10.0 Å². The number of carbonyl (C=O) groups is 1. The zero-order chi connectivity index (χ0) is 16.8. The van der Waals surface area contributed by atoms with Gasteiger partial charge in [-0.15, -0.1) is 0 Å². The molecule has 0 saturated heterocycles. The van der Waals surface area contributed by atoms with Gasteiger partial charge in [0.25, 0.3) is 0 Å². The molecule has 0 unspecified atom stereocenters. The fourth-order valence-electron chi connectivity index (χ4n) is 1.96. The van der Waals surface area contributed by atoms with Gasteiger partial charge in [-0.3, -0.25) is 5.43 Å². The van der Waals surface area contributed by atoms with Gasteiger partial charge in [-0.25, -0.2) is 4.79 Å². The number of carboxylic acids is 1. The monoisotopic (exact) mass is 378 g/mol. The van der Waals surface area contributed by atoms with Gasteiger partial charge in [0.15, 0.2) is 11.5 Å². The number of anilines is 1. The van der Waals surface area contributed by atoms with Crippen LogP contribution in [0.25, 0.3) is 0 Å². The second-order valence-corrected chi connectivity index (χ2v) is 5.31. The summed E-state index contributed by atoms with van der Waals surface area (Å²) >= 11 is 3.40. The predicted molar refractivity (Wildman–Crippen MR) is 91.9 cm³/mol. The number of ether oxygens (including phenoxy) is 2. The fourth-order valence-corrected chi connectivity index (χ4v) is 2.58. The Morgan fingerprint density at radius 2 is 2.00 bits per heavy atom. The van der Waals surface area contributed by atoms with Gasteiger partial charge >= 0.3 is 5.97 Å². The van der Waals surface area contributed by atoms with E-state index in [9.17, 15) is 4.79 Å². The summed E-state index contributed by atoms with van der Waals surface area (Å²) in [6.07, 6.45) is 1.56. The Labute approximate surface area is 141 Å². The van der Waals surface area contributed by atoms with E-state index >= 15 is 0 Å². The molecule has 0 atom stereocenters. The van der Waals surface area contributed by atoms with Crippen molar-refractivity contribution in [2.75, 3.05) is 19.6 Å². The summed E-state index contributed by atoms with van der Waals surface area (Å²) in [6.45, 7) is 0. The Hall–Kier alpha value is -2.54. The summed E-state index contributed by atoms with van der Waals surface area (Å²) in [5.41, 5.74) is 4.05. The lowest BCUT2D eigenvalue weighted by molar-refractivity contribution is 0.0698. The van der Waals surface area contributed by atoms with E-state index in [-0.39, 0.29) is 5.56 Å². The molecule has 0 heterocycles. The minimum absolute atomic E-state index is 0.151. The van der Waals surface area contributed by atoms with E-state index in [0.29, 0.717) is 17.2 Å². The van der Waals surface area contributed by atoms with E-state index in [1.165, 1.54) is 6.07 Å². The van der Waals surface area contributed by atoms with Crippen LogP contribution in [0.5, 0.6) is 11.5 Å². The molecule has 6 nitrogen and oxygen atoms in total. The van der Waals surface area contributed by atoms with E-state index in [4.69, 9.17) is 14.6 Å². The number of hydrogen-bond acceptors (Lipinski definition) is 5. The molecule has 0 aromatic heterocycles. The summed E-state index contributed by atoms with van der Waals surface area (Å²) in [5, 5.41) is 13.2. The number of carboxylic acid groups (broad SMARTS) is 1. The van der Waals surface area contributed by atoms with Crippen molar-refractivity contribution in [1.29, 1.82) is 0 Å². The van der Waals surface area contributed by atoms with Gasteiger partial charge in [-0.2, -0.15) is 5.10 Å². The van der Waals surface area contributed by atoms with Crippen LogP contribution in [0, 0.1) is 0 Å². The van der Waals surface area contributed by atoms with Crippen LogP contribution in [0.4, 0.5) is 5.69 Å². The molecule has 0 radical (unpaired) electrons. The molecule has 0 aliphatic carbocycles. The zero-order valence-electron chi connectivity index (χ0n) is 12.5. The van der Waals surface area contributed by atoms with Crippen LogP contribution in [-0.4, -0.2) is 31.5 Å². The summed E-state index contributed by atoms with van der Waals surface area (Å²) in [5.74, 6) is 0.139. The van der Waals surface area contributed by atoms with E-state index in [1.54, 1.807) is 44.7 Å². The van der Waals surface area contributed by atoms with E-state index in [1.807, 2.05) is 6.07 Å². The normalized spacial score (nSPS) is 10.6. The minimum Gasteiger partial charge on any atom is -0.493 e. The molecular weight excluding hydrogens is 364 g/mol. The number of para-hydroxylation sites is 1. The van der Waals surface area contributed by atoms with Crippen LogP contribution < -0.4 is 14.9 Å². The molecule has 0 amide bonds. The van der Waals surface area contributed by atoms with Crippen LogP contribution >= 0.6 is 15.9 Å². The first-order valence-corrected chi connectivity index (χ1v) is 7.39. The van der Waals surface area contributed by atoms with Crippen molar-refractivity contribution in [2.45, 2.75) is 0 Å². The van der Waals surface area contributed by atoms with Crippen molar-refractivity contribution in [3.8, 4) is 11.5 Å². The predicted octanol–water partition coefficient (Wildman–Crippen LogP) is 3.61. The third-order valence-electron chi connectivity index (χ3n) is 3.01. The summed E-state index contributed by atoms with van der Waals surface area (Å²) < 4.78 is 11.2. The molecular formula is C16H15BrN2O4. The molecule has 120 valence electrons. The van der Waals surface area contributed by atoms with Crippen molar-refractivity contribution < 1.29 is 19.4 Å². The molecule has 2 rings (SSSR count). The van der Waals surface area contributed by atoms with Crippen molar-refractivity contribution in [3.05, 3.63) is 52.0 Å². The van der Waals surface area contributed by atoms with E-state index < -0.39 is 5.97 Å². The van der Waals surface area contributed by atoms with Gasteiger partial charge in [-0.05, 0) is 45.8 Å². The summed E-state index contributed by atoms with van der Waals surface area (Å²) in [4.78, 5) is 11.1. The molecule has 7 heteroatoms. The molecule has 0 fully saturated rings. The molecule has 0 saturated carbocycles. The average molecular weight is 379 g/mol. The first-order chi connectivity index (χ1) is 11.1. The highest BCUT2D eigenvalue weighted by Crippen LogP contribution is 2.35. The maximum Gasteiger partial charge on any atom is 0.337 e. The van der Waals surface area contributed by atoms with Crippen LogP contribution in [0.3, 0.4) is 0 Å². The Morgan fingerprint density at radius 1 is 1.26 bits per heavy atom. The lowest BCUT2D eigenvalue weighted by Crippen LogP contribution is -2.02. The second-order valence-electron chi connectivity index (χ2n) is 4.46. The summed E-state index contributed by atoms with van der Waals surface area (Å²) in [7, 11) is 3.10. The maximum atomic E-state index is 11.1. The lowest BCUT2D eigenvalue weighted by atomic mass is 10.2. The fraction of sp³-hybridized carbons (Fsp3) is 0.125. The lowest BCUT2D eigenvalue weighted by Gasteiger charge is -2.10. The smallest absolute Gasteiger partial charge is 0.337 e. The number of benzene rings is 2. The highest BCUT2D eigenvalue weighted by Gasteiger charge is 2.10. The molecule has 0 aliphatic heterocycles. The molecule has 0 bridgehead atoms. The first-order valence-electron chi connectivity index (χ1n) is 6.59. The standard InChI is InChI=1S/C16H15BrN2O4/c1-22-14-8-10(7-12(17)15(14)23-2)9-18-19-13-6-4-3-5-11(13)16(20)21/h3-9,19H,1-2H3,(H,20,21). The zero-order valence-corrected chi connectivity index (χ0v) is 14.1. The van der Waals surface area contributed by atoms with Gasteiger partial charge < -0.3 is 14.6 Å². The Balaban J connectivity index is 2.22. The second kappa shape index (κ2) is 7.64. The average Bonchev–Trinajstić information content (AvgIpc) is 2.54. The number of nitrogens with one attached hydrogen (secondary N) is 1. The first kappa shape index (κ1) is 16.8. The minimum atomic E-state index is -1.02. The van der Waals surface area contributed by atoms with Crippen LogP contribution in [0.2, 0.25) is 0 Å². The SMILES string of the molecule is COc1cc(C=NNc2ccccc2C(=O)O)cc(Br)c1OC. The van der Waals surface area contributed by atoms with Gasteiger partial charge in [0.2, 0.25) is 0 Å². The quantitative estimate of drug-likeness (QED) is 0.592. The Kier molecular flexibility index (Phi) is 5.59. The highest BCUT2D eigenvalue weighted by molar-refractivity contribution is 9.10. The van der Waals surface area contributed by atoms with Crippen molar-refractivity contribution in [3.63, 3.8) is 0 Å². The third kappa shape index (κ3) is 4.01. The van der Waals surface area contributed by atoms with Crippen LogP contribution in [-0.2, 0) is 0 Å². The number of methoxy groups -OCH3 is 2. The number of halogens is 1. The molecule has 2 aromatic carbocycles. The molecule has 2 aromatic rings. The van der Waals surface area contributed by atoms with Gasteiger partial charge in [-0.1, -0.05) is 12.1 Å². The molecule has 0 aliphatic rings. The Morgan fingerprint density at radius 3 is 2.65 bits per heavy atom. The van der Waals surface area contributed by atoms with Crippen LogP contribution in [0.1, 0.15) is 15.9 Å². The molecule has 0 spiro atoms. The number of aromatic carboxylic acids is 1. The topological polar surface area (TPSA) is 80.2 Å². The maximum absolute atomic E-state index is 11.1. The number of hydrazone groups is 1. The van der Waals surface area contributed by atoms with Crippen molar-refractivity contribution in [2.24, 2.45) is 5.10 Å². The number of nitrogens with zero attached hydrogens (tertiary/aromatic N) is 1. The van der Waals surface area contributed by atoms with Gasteiger partial charge in [0, 0.05) is 0 Å². The number of rotatable bonds is 6. The number of hydrogen-bond donors (Lipinski definition) is 2. The third-order valence-corrected chi connectivity index (χ3v) is 3.60. The Bertz CT molecular complexity index is 747. The van der Waals surface area contributed by atoms with Gasteiger partial charge in [0.05, 0.1) is 36.2 Å². The highest BCUT2D eigenvalue weighted by atomic mass is 79.9. The molecule has 23 heavy (non-hydrogen) atoms. The van der Waals surface area contributed by atoms with Gasteiger partial charge in [0.1, 0.15) is 0 Å². The van der Waals surface area contributed by atoms with Crippen molar-refractivity contribution in [1.82, 2.24) is 0 Å². The van der Waals surface area contributed by atoms with Crippen LogP contribution in [0.15, 0.2) is 46.0 Å². The van der Waals surface area contributed by atoms with Crippen molar-refractivity contribution >= 4 is 33.8 Å². The van der Waals surface area contributed by atoms with E-state index in [2.05, 4.69) is 26.5 Å². The molecule has 2 N–H and O–H groups in total. The summed E-state index contributed by atoms with van der Waals surface area (Å²) in [6, 6.07) is 10.1. The largest absolute Gasteiger partial charge is 0.493 e.